The zero-order chi connectivity index (χ0) is 5.86. The molecule has 0 aromatic heterocycles. The van der Waals surface area contributed by atoms with Gasteiger partial charge in [0.2, 0.25) is 0 Å². The Morgan fingerprint density at radius 3 is 2.14 bits per heavy atom. The second-order valence-corrected chi connectivity index (χ2v) is 1.13. The van der Waals surface area contributed by atoms with E-state index in [1.54, 1.807) is 0 Å². The van der Waals surface area contributed by atoms with Crippen LogP contribution in [0.4, 0.5) is 8.78 Å². The number of alkyl halides is 2. The summed E-state index contributed by atoms with van der Waals surface area (Å²) < 4.78 is 22.6. The number of halogens is 2. The Morgan fingerprint density at radius 2 is 2.14 bits per heavy atom. The lowest BCUT2D eigenvalue weighted by molar-refractivity contribution is 0.0230. The van der Waals surface area contributed by atoms with Gasteiger partial charge in [0.15, 0.2) is 0 Å². The Balaban J connectivity index is 3.33. The second-order valence-electron chi connectivity index (χ2n) is 1.13. The molecule has 1 nitrogen and oxygen atoms in total. The van der Waals surface area contributed by atoms with Crippen LogP contribution in [0.2, 0.25) is 0 Å². The third-order valence-corrected chi connectivity index (χ3v) is 0.596. The molecule has 0 aromatic carbocycles. The molecule has 0 fully saturated rings. The maximum atomic E-state index is 11.3. The Bertz CT molecular complexity index is 62.7. The van der Waals surface area contributed by atoms with E-state index in [9.17, 15) is 8.78 Å². The van der Waals surface area contributed by atoms with Crippen LogP contribution in [-0.4, -0.2) is 18.5 Å². The Kier molecular flexibility index (Phi) is 2.33. The fraction of sp³-hybridized carbons (Fsp3) is 0.500. The van der Waals surface area contributed by atoms with E-state index in [1.165, 1.54) is 7.05 Å². The first-order chi connectivity index (χ1) is 3.18. The van der Waals surface area contributed by atoms with Gasteiger partial charge >= 0.3 is 6.55 Å². The summed E-state index contributed by atoms with van der Waals surface area (Å²) in [4.78, 5) is 0.722. The van der Waals surface area contributed by atoms with Gasteiger partial charge in [0.05, 0.1) is 0 Å². The van der Waals surface area contributed by atoms with Crippen LogP contribution in [0.3, 0.4) is 0 Å². The van der Waals surface area contributed by atoms with E-state index in [2.05, 4.69) is 6.58 Å². The highest BCUT2D eigenvalue weighted by molar-refractivity contribution is 4.63. The van der Waals surface area contributed by atoms with E-state index >= 15 is 0 Å². The lowest BCUT2D eigenvalue weighted by Crippen LogP contribution is -2.16. The first-order valence-corrected chi connectivity index (χ1v) is 1.81. The predicted octanol–water partition coefficient (Wildman–Crippen LogP) is 1.28. The van der Waals surface area contributed by atoms with E-state index in [0.717, 1.165) is 11.1 Å². The van der Waals surface area contributed by atoms with Crippen LogP contribution in [0.1, 0.15) is 0 Å². The normalized spacial score (nSPS) is 9.14. The number of nitrogens with zero attached hydrogens (tertiary/aromatic N) is 1. The minimum atomic E-state index is -2.42. The Morgan fingerprint density at radius 1 is 1.71 bits per heavy atom. The molecule has 7 heavy (non-hydrogen) atoms. The van der Waals surface area contributed by atoms with E-state index in [0.29, 0.717) is 0 Å². The SMILES string of the molecule is C=CN(C)C(F)F. The van der Waals surface area contributed by atoms with Crippen molar-refractivity contribution in [2.45, 2.75) is 6.55 Å². The third kappa shape index (κ3) is 2.14. The molecule has 0 aromatic rings. The Labute approximate surface area is 41.2 Å². The van der Waals surface area contributed by atoms with Crippen molar-refractivity contribution >= 4 is 0 Å². The molecule has 42 valence electrons. The summed E-state index contributed by atoms with van der Waals surface area (Å²) in [6.07, 6.45) is 1.07. The van der Waals surface area contributed by atoms with Gasteiger partial charge in [-0.2, -0.15) is 8.78 Å². The molecular formula is C4H7F2N. The fourth-order valence-corrected chi connectivity index (χ4v) is 0.0797. The molecule has 0 spiro atoms. The Hall–Kier alpha value is -0.600. The third-order valence-electron chi connectivity index (χ3n) is 0.596. The van der Waals surface area contributed by atoms with Crippen LogP contribution in [-0.2, 0) is 0 Å². The molecular weight excluding hydrogens is 100 g/mol. The summed E-state index contributed by atoms with van der Waals surface area (Å²) in [5.41, 5.74) is 0. The molecule has 0 atom stereocenters. The summed E-state index contributed by atoms with van der Waals surface area (Å²) >= 11 is 0. The van der Waals surface area contributed by atoms with Crippen molar-refractivity contribution in [3.05, 3.63) is 12.8 Å². The lowest BCUT2D eigenvalue weighted by atomic mass is 10.8. The van der Waals surface area contributed by atoms with Gasteiger partial charge in [0, 0.05) is 7.05 Å². The summed E-state index contributed by atoms with van der Waals surface area (Å²) in [6, 6.07) is 0. The highest BCUT2D eigenvalue weighted by atomic mass is 19.3. The van der Waals surface area contributed by atoms with Crippen molar-refractivity contribution in [2.24, 2.45) is 0 Å². The number of hydrogen-bond donors (Lipinski definition) is 0. The highest BCUT2D eigenvalue weighted by Crippen LogP contribution is 1.96. The zero-order valence-electron chi connectivity index (χ0n) is 4.06. The summed E-state index contributed by atoms with van der Waals surface area (Å²) in [6.45, 7) is 0.709. The smallest absolute Gasteiger partial charge is 0.314 e. The van der Waals surface area contributed by atoms with E-state index in [-0.39, 0.29) is 0 Å². The second kappa shape index (κ2) is 2.55. The zero-order valence-corrected chi connectivity index (χ0v) is 4.06. The predicted molar refractivity (Wildman–Crippen MR) is 24.0 cm³/mol. The van der Waals surface area contributed by atoms with Crippen LogP contribution in [0.5, 0.6) is 0 Å². The molecule has 0 amide bonds. The molecule has 0 heterocycles. The molecule has 0 aliphatic carbocycles. The largest absolute Gasteiger partial charge is 0.326 e. The van der Waals surface area contributed by atoms with Crippen LogP contribution in [0, 0.1) is 0 Å². The molecule has 0 unspecified atom stereocenters. The molecule has 0 bridgehead atoms. The number of hydrogen-bond acceptors (Lipinski definition) is 1. The maximum Gasteiger partial charge on any atom is 0.314 e. The van der Waals surface area contributed by atoms with Crippen molar-refractivity contribution in [3.63, 3.8) is 0 Å². The average molecular weight is 107 g/mol. The summed E-state index contributed by atoms with van der Waals surface area (Å²) in [7, 11) is 1.26. The molecule has 0 rings (SSSR count). The molecule has 0 saturated carbocycles. The van der Waals surface area contributed by atoms with Gasteiger partial charge in [-0.05, 0) is 6.20 Å². The van der Waals surface area contributed by atoms with Gasteiger partial charge in [0.1, 0.15) is 0 Å². The van der Waals surface area contributed by atoms with Crippen LogP contribution in [0.15, 0.2) is 12.8 Å². The van der Waals surface area contributed by atoms with Gasteiger partial charge in [-0.25, -0.2) is 0 Å². The van der Waals surface area contributed by atoms with Crippen molar-refractivity contribution < 1.29 is 8.78 Å². The molecule has 0 radical (unpaired) electrons. The topological polar surface area (TPSA) is 3.24 Å². The van der Waals surface area contributed by atoms with Gasteiger partial charge in [-0.15, -0.1) is 0 Å². The van der Waals surface area contributed by atoms with E-state index < -0.39 is 6.55 Å². The highest BCUT2D eigenvalue weighted by Gasteiger charge is 2.01. The minimum Gasteiger partial charge on any atom is -0.326 e. The van der Waals surface area contributed by atoms with Crippen molar-refractivity contribution in [3.8, 4) is 0 Å². The first-order valence-electron chi connectivity index (χ1n) is 1.81. The molecule has 0 aliphatic rings. The van der Waals surface area contributed by atoms with E-state index in [4.69, 9.17) is 0 Å². The van der Waals surface area contributed by atoms with E-state index in [1.807, 2.05) is 0 Å². The van der Waals surface area contributed by atoms with Crippen molar-refractivity contribution in [1.29, 1.82) is 0 Å². The quantitative estimate of drug-likeness (QED) is 0.480. The van der Waals surface area contributed by atoms with Crippen LogP contribution < -0.4 is 0 Å². The molecule has 0 saturated heterocycles. The standard InChI is InChI=1S/C4H7F2N/c1-3-7(2)4(5)6/h3-4H,1H2,2H3. The van der Waals surface area contributed by atoms with Crippen LogP contribution in [0.25, 0.3) is 0 Å². The van der Waals surface area contributed by atoms with Gasteiger partial charge < -0.3 is 4.90 Å². The molecule has 0 N–H and O–H groups in total. The summed E-state index contributed by atoms with van der Waals surface area (Å²) in [5.74, 6) is 0. The van der Waals surface area contributed by atoms with Gasteiger partial charge in [-0.1, -0.05) is 6.58 Å². The molecule has 3 heteroatoms. The average Bonchev–Trinajstić information content (AvgIpc) is 1.65. The lowest BCUT2D eigenvalue weighted by Gasteiger charge is -2.09. The van der Waals surface area contributed by atoms with Crippen molar-refractivity contribution in [1.82, 2.24) is 4.90 Å². The summed E-state index contributed by atoms with van der Waals surface area (Å²) in [5, 5.41) is 0. The number of rotatable bonds is 2. The maximum absolute atomic E-state index is 11.3. The first kappa shape index (κ1) is 6.40. The minimum absolute atomic E-state index is 0.722. The van der Waals surface area contributed by atoms with Crippen molar-refractivity contribution in [2.75, 3.05) is 7.05 Å². The molecule has 0 aliphatic heterocycles. The fourth-order valence-electron chi connectivity index (χ4n) is 0.0797. The van der Waals surface area contributed by atoms with Crippen LogP contribution >= 0.6 is 0 Å². The van der Waals surface area contributed by atoms with Gasteiger partial charge in [0.25, 0.3) is 0 Å². The van der Waals surface area contributed by atoms with Gasteiger partial charge in [-0.3, -0.25) is 0 Å². The monoisotopic (exact) mass is 107 g/mol.